The van der Waals surface area contributed by atoms with Gasteiger partial charge in [0.05, 0.1) is 0 Å². The van der Waals surface area contributed by atoms with Crippen LogP contribution in [0.5, 0.6) is 0 Å². The Hall–Kier alpha value is 1.25. The van der Waals surface area contributed by atoms with Crippen molar-refractivity contribution in [2.75, 3.05) is 0 Å². The Morgan fingerprint density at radius 3 is 1.40 bits per heavy atom. The van der Waals surface area contributed by atoms with Gasteiger partial charge in [-0.05, 0) is 0 Å². The summed E-state index contributed by atoms with van der Waals surface area (Å²) in [6.45, 7) is 0. The summed E-state index contributed by atoms with van der Waals surface area (Å²) in [6.07, 6.45) is 0. The van der Waals surface area contributed by atoms with E-state index in [1.165, 1.54) is 0 Å². The predicted molar refractivity (Wildman–Crippen MR) is 18.0 cm³/mol. The zero-order chi connectivity index (χ0) is 3.58. The second kappa shape index (κ2) is 5.25. The van der Waals surface area contributed by atoms with Crippen LogP contribution in [0.4, 0.5) is 0 Å². The van der Waals surface area contributed by atoms with Crippen molar-refractivity contribution in [1.82, 2.24) is 0 Å². The van der Waals surface area contributed by atoms with Crippen LogP contribution in [0.25, 0.3) is 0 Å². The first kappa shape index (κ1) is 9.54. The summed E-state index contributed by atoms with van der Waals surface area (Å²) in [5, 5.41) is 0. The van der Waals surface area contributed by atoms with E-state index in [0.717, 1.165) is 0 Å². The minimum atomic E-state index is -3.13. The van der Waals surface area contributed by atoms with Gasteiger partial charge in [-0.15, -0.1) is 0 Å². The Morgan fingerprint density at radius 2 is 1.40 bits per heavy atom. The van der Waals surface area contributed by atoms with E-state index in [2.05, 4.69) is 0 Å². The van der Waals surface area contributed by atoms with Crippen molar-refractivity contribution in [3.8, 4) is 0 Å². The summed E-state index contributed by atoms with van der Waals surface area (Å²) in [5.41, 5.74) is 0. The van der Waals surface area contributed by atoms with Crippen LogP contribution in [0.15, 0.2) is 0 Å². The quantitative estimate of drug-likeness (QED) is 0.353. The fourth-order valence-corrected chi connectivity index (χ4v) is 0. The topological polar surface area (TPSA) is 57.5 Å². The molecule has 0 atom stereocenters. The van der Waals surface area contributed by atoms with Gasteiger partial charge in [-0.2, -0.15) is 0 Å². The number of hydrogen-bond acceptors (Lipinski definition) is 1. The Labute approximate surface area is 73.3 Å². The first-order valence-electron chi connectivity index (χ1n) is 0.651. The standard InChI is InChI=1S/K.H2O3Si.H/c;1-4(2)3;/h;1-2H;. The molecule has 0 aliphatic carbocycles. The SMILES string of the molecule is O=[Si](O)O.[KH]. The van der Waals surface area contributed by atoms with E-state index in [1.54, 1.807) is 0 Å². The summed E-state index contributed by atoms with van der Waals surface area (Å²) >= 11 is 0. The average molecular weight is 118 g/mol. The molecular weight excluding hydrogens is 115 g/mol. The van der Waals surface area contributed by atoms with Crippen LogP contribution in [-0.4, -0.2) is 70.1 Å². The third kappa shape index (κ3) is 35.4. The van der Waals surface area contributed by atoms with Crippen LogP contribution in [0.3, 0.4) is 0 Å². The molecule has 0 fully saturated rings. The zero-order valence-electron chi connectivity index (χ0n) is 1.80. The average Bonchev–Trinajstić information content (AvgIpc) is 0.811. The van der Waals surface area contributed by atoms with E-state index in [-0.39, 0.29) is 51.4 Å². The van der Waals surface area contributed by atoms with E-state index in [9.17, 15) is 0 Å². The molecule has 5 heavy (non-hydrogen) atoms. The molecule has 0 aromatic rings. The molecule has 0 bridgehead atoms. The molecule has 0 amide bonds. The van der Waals surface area contributed by atoms with Crippen LogP contribution in [0.2, 0.25) is 0 Å². The third-order valence-corrected chi connectivity index (χ3v) is 0. The Balaban J connectivity index is 0. The van der Waals surface area contributed by atoms with Crippen LogP contribution >= 0.6 is 0 Å². The van der Waals surface area contributed by atoms with Crippen molar-refractivity contribution in [3.05, 3.63) is 0 Å². The van der Waals surface area contributed by atoms with Crippen molar-refractivity contribution in [1.29, 1.82) is 0 Å². The number of rotatable bonds is 0. The molecule has 2 N–H and O–H groups in total. The van der Waals surface area contributed by atoms with Crippen molar-refractivity contribution < 1.29 is 14.1 Å². The van der Waals surface area contributed by atoms with Crippen LogP contribution in [-0.2, 0) is 4.46 Å². The minimum absolute atomic E-state index is 0. The van der Waals surface area contributed by atoms with E-state index < -0.39 is 9.17 Å². The molecule has 26 valence electrons. The molecule has 0 heterocycles. The summed E-state index contributed by atoms with van der Waals surface area (Å²) in [5.74, 6) is 0. The summed E-state index contributed by atoms with van der Waals surface area (Å²) < 4.78 is 8.74. The van der Waals surface area contributed by atoms with E-state index in [4.69, 9.17) is 14.1 Å². The van der Waals surface area contributed by atoms with Crippen molar-refractivity contribution in [2.45, 2.75) is 0 Å². The van der Waals surface area contributed by atoms with Gasteiger partial charge in [-0.3, -0.25) is 4.46 Å². The Bertz CT molecular complexity index is 29.9. The summed E-state index contributed by atoms with van der Waals surface area (Å²) in [4.78, 5) is 14.3. The molecular formula is H3KO3Si. The third-order valence-electron chi connectivity index (χ3n) is 0. The maximum atomic E-state index is 8.74. The van der Waals surface area contributed by atoms with Gasteiger partial charge in [0.2, 0.25) is 0 Å². The molecule has 0 spiro atoms. The molecule has 0 aliphatic heterocycles. The fourth-order valence-electron chi connectivity index (χ4n) is 0. The van der Waals surface area contributed by atoms with Crippen LogP contribution in [0.1, 0.15) is 0 Å². The molecule has 0 rings (SSSR count). The van der Waals surface area contributed by atoms with Gasteiger partial charge in [-0.1, -0.05) is 0 Å². The monoisotopic (exact) mass is 118 g/mol. The summed E-state index contributed by atoms with van der Waals surface area (Å²) in [6, 6.07) is 0. The van der Waals surface area contributed by atoms with Gasteiger partial charge in [-0.25, -0.2) is 0 Å². The second-order valence-electron chi connectivity index (χ2n) is 0.283. The van der Waals surface area contributed by atoms with Gasteiger partial charge in [0, 0.05) is 0 Å². The molecule has 0 unspecified atom stereocenters. The summed E-state index contributed by atoms with van der Waals surface area (Å²) in [7, 11) is -3.13. The molecule has 0 saturated heterocycles. The second-order valence-corrected chi connectivity index (χ2v) is 0.848. The molecule has 0 radical (unpaired) electrons. The first-order valence-corrected chi connectivity index (χ1v) is 1.95. The van der Waals surface area contributed by atoms with Crippen molar-refractivity contribution >= 4 is 60.6 Å². The molecule has 0 aliphatic rings. The normalized spacial score (nSPS) is 4.80. The molecule has 0 aromatic heterocycles. The first-order chi connectivity index (χ1) is 1.73. The van der Waals surface area contributed by atoms with E-state index >= 15 is 0 Å². The molecule has 0 saturated carbocycles. The van der Waals surface area contributed by atoms with Gasteiger partial charge < -0.3 is 9.59 Å². The zero-order valence-corrected chi connectivity index (χ0v) is 2.80. The fraction of sp³-hybridized carbons (Fsp3) is 0. The van der Waals surface area contributed by atoms with E-state index in [1.807, 2.05) is 0 Å². The van der Waals surface area contributed by atoms with Gasteiger partial charge >= 0.3 is 60.6 Å². The van der Waals surface area contributed by atoms with Gasteiger partial charge in [0.15, 0.2) is 0 Å². The van der Waals surface area contributed by atoms with Crippen LogP contribution in [0, 0.1) is 0 Å². The predicted octanol–water partition coefficient (Wildman–Crippen LogP) is -2.26. The molecule has 3 nitrogen and oxygen atoms in total. The molecule has 5 heteroatoms. The van der Waals surface area contributed by atoms with Crippen molar-refractivity contribution in [3.63, 3.8) is 0 Å². The van der Waals surface area contributed by atoms with Gasteiger partial charge in [0.1, 0.15) is 0 Å². The Morgan fingerprint density at radius 1 is 1.40 bits per heavy atom. The van der Waals surface area contributed by atoms with Gasteiger partial charge in [0.25, 0.3) is 0 Å². The van der Waals surface area contributed by atoms with Crippen LogP contribution < -0.4 is 0 Å². The molecule has 0 aromatic carbocycles. The maximum absolute atomic E-state index is 8.74. The number of hydrogen-bond donors (Lipinski definition) is 2. The van der Waals surface area contributed by atoms with Crippen molar-refractivity contribution in [2.24, 2.45) is 0 Å². The Kier molecular flexibility index (Phi) is 10.0. The van der Waals surface area contributed by atoms with E-state index in [0.29, 0.717) is 0 Å².